The number of ether oxygens (including phenoxy) is 3. The van der Waals surface area contributed by atoms with E-state index in [1.165, 1.54) is 38.8 Å². The summed E-state index contributed by atoms with van der Waals surface area (Å²) in [5.74, 6) is -3.28. The molecule has 9 nitrogen and oxygen atoms in total. The topological polar surface area (TPSA) is 132 Å². The van der Waals surface area contributed by atoms with Crippen molar-refractivity contribution in [2.24, 2.45) is 0 Å². The van der Waals surface area contributed by atoms with Crippen molar-refractivity contribution in [3.8, 4) is 17.4 Å². The molecule has 3 aromatic rings. The lowest BCUT2D eigenvalue weighted by atomic mass is 10.0. The number of carbonyl (C=O) groups excluding carboxylic acids is 1. The highest BCUT2D eigenvalue weighted by Gasteiger charge is 2.38. The molecule has 0 aliphatic heterocycles. The van der Waals surface area contributed by atoms with Gasteiger partial charge in [0.25, 0.3) is 0 Å². The van der Waals surface area contributed by atoms with Crippen LogP contribution >= 0.6 is 11.3 Å². The minimum absolute atomic E-state index is 0.118. The zero-order chi connectivity index (χ0) is 28.5. The first-order chi connectivity index (χ1) is 17.7. The fourth-order valence-corrected chi connectivity index (χ4v) is 3.39. The number of rotatable bonds is 10. The van der Waals surface area contributed by atoms with Crippen LogP contribution in [-0.2, 0) is 16.0 Å². The molecular weight excluding hydrogens is 531 g/mol. The van der Waals surface area contributed by atoms with Crippen molar-refractivity contribution < 1.29 is 52.0 Å². The Balaban J connectivity index is 0.000000638. The number of carboxylic acid groups (broad SMARTS) is 2. The fourth-order valence-electron chi connectivity index (χ4n) is 2.68. The van der Waals surface area contributed by atoms with E-state index in [1.807, 2.05) is 11.4 Å². The SMILES string of the molecule is COc1ccc(C(=O)c2ccc(OCCc3ccsc3)nc2)c(OC(C)(C)C(=O)O)c1.O=C(O)C(F)(F)F. The van der Waals surface area contributed by atoms with Gasteiger partial charge in [-0.25, -0.2) is 14.6 Å². The van der Waals surface area contributed by atoms with Crippen LogP contribution in [0.1, 0.15) is 35.3 Å². The van der Waals surface area contributed by atoms with Crippen LogP contribution in [-0.4, -0.2) is 58.4 Å². The van der Waals surface area contributed by atoms with Crippen LogP contribution < -0.4 is 14.2 Å². The zero-order valence-corrected chi connectivity index (χ0v) is 21.3. The molecule has 0 aliphatic rings. The van der Waals surface area contributed by atoms with Gasteiger partial charge in [0.15, 0.2) is 11.4 Å². The predicted molar refractivity (Wildman–Crippen MR) is 130 cm³/mol. The van der Waals surface area contributed by atoms with Crippen molar-refractivity contribution in [3.05, 3.63) is 70.0 Å². The number of hydrogen-bond donors (Lipinski definition) is 2. The van der Waals surface area contributed by atoms with E-state index in [0.717, 1.165) is 6.42 Å². The van der Waals surface area contributed by atoms with Gasteiger partial charge in [0, 0.05) is 30.3 Å². The Morgan fingerprint density at radius 1 is 1.03 bits per heavy atom. The van der Waals surface area contributed by atoms with Gasteiger partial charge < -0.3 is 24.4 Å². The van der Waals surface area contributed by atoms with Gasteiger partial charge >= 0.3 is 18.1 Å². The number of aromatic nitrogens is 1. The van der Waals surface area contributed by atoms with Gasteiger partial charge in [-0.05, 0) is 54.4 Å². The molecule has 2 N–H and O–H groups in total. The Labute approximate surface area is 219 Å². The average Bonchev–Trinajstić information content (AvgIpc) is 3.37. The van der Waals surface area contributed by atoms with Gasteiger partial charge in [-0.15, -0.1) is 0 Å². The number of carbonyl (C=O) groups is 3. The van der Waals surface area contributed by atoms with Crippen LogP contribution in [0.15, 0.2) is 53.4 Å². The second-order valence-electron chi connectivity index (χ2n) is 8.03. The van der Waals surface area contributed by atoms with Gasteiger partial charge in [0.1, 0.15) is 11.5 Å². The molecule has 0 atom stereocenters. The molecule has 204 valence electrons. The predicted octanol–water partition coefficient (Wildman–Crippen LogP) is 4.88. The number of thiophene rings is 1. The average molecular weight is 556 g/mol. The molecule has 0 saturated carbocycles. The third-order valence-electron chi connectivity index (χ3n) is 4.78. The van der Waals surface area contributed by atoms with E-state index >= 15 is 0 Å². The summed E-state index contributed by atoms with van der Waals surface area (Å²) in [7, 11) is 1.48. The molecule has 0 saturated heterocycles. The van der Waals surface area contributed by atoms with Crippen molar-refractivity contribution in [1.82, 2.24) is 4.98 Å². The van der Waals surface area contributed by atoms with Crippen LogP contribution in [0.25, 0.3) is 0 Å². The molecule has 0 amide bonds. The van der Waals surface area contributed by atoms with Crippen molar-refractivity contribution >= 4 is 29.1 Å². The number of alkyl halides is 3. The largest absolute Gasteiger partial charge is 0.497 e. The van der Waals surface area contributed by atoms with E-state index in [4.69, 9.17) is 24.1 Å². The Morgan fingerprint density at radius 2 is 1.71 bits per heavy atom. The molecule has 0 radical (unpaired) electrons. The van der Waals surface area contributed by atoms with Crippen LogP contribution in [0.5, 0.6) is 17.4 Å². The number of ketones is 1. The smallest absolute Gasteiger partial charge is 0.490 e. The molecule has 2 aromatic heterocycles. The summed E-state index contributed by atoms with van der Waals surface area (Å²) in [5, 5.41) is 20.6. The fraction of sp³-hybridized carbons (Fsp3) is 0.280. The number of aliphatic carboxylic acids is 2. The Morgan fingerprint density at radius 3 is 2.21 bits per heavy atom. The maximum Gasteiger partial charge on any atom is 0.490 e. The molecule has 1 aromatic carbocycles. The van der Waals surface area contributed by atoms with Gasteiger partial charge in [-0.1, -0.05) is 0 Å². The van der Waals surface area contributed by atoms with Crippen molar-refractivity contribution in [3.63, 3.8) is 0 Å². The van der Waals surface area contributed by atoms with Crippen LogP contribution in [0.3, 0.4) is 0 Å². The highest BCUT2D eigenvalue weighted by atomic mass is 32.1. The zero-order valence-electron chi connectivity index (χ0n) is 20.4. The van der Waals surface area contributed by atoms with Crippen molar-refractivity contribution in [1.29, 1.82) is 0 Å². The number of benzene rings is 1. The highest BCUT2D eigenvalue weighted by Crippen LogP contribution is 2.30. The maximum absolute atomic E-state index is 13.1. The molecular formula is C25H24F3NO8S. The minimum Gasteiger partial charge on any atom is -0.497 e. The van der Waals surface area contributed by atoms with Crippen molar-refractivity contribution in [2.45, 2.75) is 32.0 Å². The number of halogens is 3. The summed E-state index contributed by atoms with van der Waals surface area (Å²) >= 11 is 1.64. The number of hydrogen-bond acceptors (Lipinski definition) is 8. The molecule has 0 bridgehead atoms. The van der Waals surface area contributed by atoms with E-state index in [2.05, 4.69) is 10.4 Å². The Bertz CT molecular complexity index is 1240. The Kier molecular flexibility index (Phi) is 10.2. The van der Waals surface area contributed by atoms with Gasteiger partial charge in [-0.3, -0.25) is 4.79 Å². The normalized spacial score (nSPS) is 11.1. The lowest BCUT2D eigenvalue weighted by Crippen LogP contribution is -2.38. The van der Waals surface area contributed by atoms with Gasteiger partial charge in [-0.2, -0.15) is 24.5 Å². The van der Waals surface area contributed by atoms with Crippen LogP contribution in [0, 0.1) is 0 Å². The first kappa shape index (κ1) is 30.1. The van der Waals surface area contributed by atoms with Gasteiger partial charge in [0.05, 0.1) is 19.3 Å². The second kappa shape index (κ2) is 12.9. The van der Waals surface area contributed by atoms with E-state index in [0.29, 0.717) is 23.8 Å². The second-order valence-corrected chi connectivity index (χ2v) is 8.81. The lowest BCUT2D eigenvalue weighted by Gasteiger charge is -2.23. The van der Waals surface area contributed by atoms with E-state index in [-0.39, 0.29) is 17.1 Å². The number of carboxylic acids is 2. The third kappa shape index (κ3) is 8.76. The first-order valence-electron chi connectivity index (χ1n) is 10.8. The standard InChI is InChI=1S/C23H23NO6S.C2HF3O2/c1-23(2,22(26)27)30-19-12-17(28-3)5-6-18(19)21(25)16-4-7-20(24-13-16)29-10-8-15-9-11-31-14-15;3-2(4,5)1(6)7/h4-7,9,11-14H,8,10H2,1-3H3,(H,26,27);(H,6,7). The van der Waals surface area contributed by atoms with E-state index in [9.17, 15) is 27.9 Å². The van der Waals surface area contributed by atoms with Crippen LogP contribution in [0.4, 0.5) is 13.2 Å². The summed E-state index contributed by atoms with van der Waals surface area (Å²) in [4.78, 5) is 37.6. The summed E-state index contributed by atoms with van der Waals surface area (Å²) < 4.78 is 48.2. The van der Waals surface area contributed by atoms with Crippen LogP contribution in [0.2, 0.25) is 0 Å². The lowest BCUT2D eigenvalue weighted by molar-refractivity contribution is -0.192. The molecule has 3 rings (SSSR count). The molecule has 0 fully saturated rings. The summed E-state index contributed by atoms with van der Waals surface area (Å²) in [6.45, 7) is 3.30. The molecule has 0 unspecified atom stereocenters. The van der Waals surface area contributed by atoms with Gasteiger partial charge in [0.2, 0.25) is 5.88 Å². The highest BCUT2D eigenvalue weighted by molar-refractivity contribution is 7.07. The summed E-state index contributed by atoms with van der Waals surface area (Å²) in [5.41, 5.74) is 0.212. The molecule has 2 heterocycles. The number of methoxy groups -OCH3 is 1. The molecule has 13 heteroatoms. The molecule has 0 aliphatic carbocycles. The monoisotopic (exact) mass is 555 g/mol. The number of pyridine rings is 1. The van der Waals surface area contributed by atoms with E-state index < -0.39 is 23.7 Å². The third-order valence-corrected chi connectivity index (χ3v) is 5.51. The maximum atomic E-state index is 13.1. The Hall–Kier alpha value is -4.13. The minimum atomic E-state index is -5.08. The quantitative estimate of drug-likeness (QED) is 0.336. The van der Waals surface area contributed by atoms with E-state index in [1.54, 1.807) is 35.6 Å². The number of nitrogens with zero attached hydrogens (tertiary/aromatic N) is 1. The first-order valence-corrected chi connectivity index (χ1v) is 11.7. The van der Waals surface area contributed by atoms with Crippen molar-refractivity contribution in [2.75, 3.05) is 13.7 Å². The summed E-state index contributed by atoms with van der Waals surface area (Å²) in [6, 6.07) is 9.94. The molecule has 38 heavy (non-hydrogen) atoms. The molecule has 0 spiro atoms. The summed E-state index contributed by atoms with van der Waals surface area (Å²) in [6.07, 6.45) is -2.88.